The van der Waals surface area contributed by atoms with Crippen LogP contribution in [0.1, 0.15) is 50.5 Å². The van der Waals surface area contributed by atoms with Crippen molar-refractivity contribution in [2.45, 2.75) is 50.5 Å². The Hall–Kier alpha value is -3.14. The van der Waals surface area contributed by atoms with Gasteiger partial charge in [0.15, 0.2) is 6.61 Å². The summed E-state index contributed by atoms with van der Waals surface area (Å²) in [7, 11) is 0. The van der Waals surface area contributed by atoms with Gasteiger partial charge in [0.05, 0.1) is 17.3 Å². The van der Waals surface area contributed by atoms with E-state index in [1.807, 2.05) is 0 Å². The Kier molecular flexibility index (Phi) is 5.01. The van der Waals surface area contributed by atoms with E-state index in [9.17, 15) is 9.59 Å². The Morgan fingerprint density at radius 2 is 1.90 bits per heavy atom. The van der Waals surface area contributed by atoms with Gasteiger partial charge in [0, 0.05) is 11.6 Å². The molecule has 7 nitrogen and oxygen atoms in total. The van der Waals surface area contributed by atoms with Crippen molar-refractivity contribution < 1.29 is 9.53 Å². The lowest BCUT2D eigenvalue weighted by Gasteiger charge is -2.57. The minimum atomic E-state index is -0.546. The summed E-state index contributed by atoms with van der Waals surface area (Å²) in [4.78, 5) is 31.3. The van der Waals surface area contributed by atoms with E-state index in [0.29, 0.717) is 17.2 Å². The van der Waals surface area contributed by atoms with Crippen molar-refractivity contribution in [2.24, 2.45) is 17.8 Å². The number of carbonyl (C=O) groups is 1. The summed E-state index contributed by atoms with van der Waals surface area (Å²) in [5.74, 6) is 2.02. The molecule has 3 bridgehead atoms. The topological polar surface area (TPSA) is 108 Å². The van der Waals surface area contributed by atoms with E-state index in [0.717, 1.165) is 30.2 Å². The lowest BCUT2D eigenvalue weighted by molar-refractivity contribution is -0.129. The average molecular weight is 418 g/mol. The molecule has 3 aliphatic carbocycles. The van der Waals surface area contributed by atoms with Crippen molar-refractivity contribution in [1.82, 2.24) is 15.3 Å². The second-order valence-electron chi connectivity index (χ2n) is 9.35. The van der Waals surface area contributed by atoms with Crippen LogP contribution in [0.5, 0.6) is 5.88 Å². The number of nitrogens with zero attached hydrogens (tertiary/aromatic N) is 2. The van der Waals surface area contributed by atoms with E-state index >= 15 is 0 Å². The highest BCUT2D eigenvalue weighted by atomic mass is 16.5. The van der Waals surface area contributed by atoms with Crippen LogP contribution in [0, 0.1) is 29.1 Å². The summed E-state index contributed by atoms with van der Waals surface area (Å²) in [5.41, 5.74) is 1.18. The molecule has 0 saturated heterocycles. The fourth-order valence-electron chi connectivity index (χ4n) is 6.14. The van der Waals surface area contributed by atoms with Gasteiger partial charge in [-0.1, -0.05) is 12.1 Å². The molecule has 2 unspecified atom stereocenters. The molecule has 2 N–H and O–H groups in total. The van der Waals surface area contributed by atoms with Gasteiger partial charge >= 0.3 is 5.69 Å². The van der Waals surface area contributed by atoms with Crippen LogP contribution in [-0.2, 0) is 4.79 Å². The van der Waals surface area contributed by atoms with Crippen LogP contribution >= 0.6 is 0 Å². The molecule has 1 heterocycles. The Labute approximate surface area is 180 Å². The Morgan fingerprint density at radius 1 is 1.19 bits per heavy atom. The molecule has 0 spiro atoms. The number of benzene rings is 1. The molecule has 5 rings (SSSR count). The molecular formula is C24H26N4O3. The molecule has 2 atom stereocenters. The largest absolute Gasteiger partial charge is 0.467 e. The Bertz CT molecular complexity index is 1070. The summed E-state index contributed by atoms with van der Waals surface area (Å²) in [6.07, 6.45) is 8.51. The first kappa shape index (κ1) is 19.8. The summed E-state index contributed by atoms with van der Waals surface area (Å²) in [5, 5.41) is 12.3. The third-order valence-corrected chi connectivity index (χ3v) is 7.39. The van der Waals surface area contributed by atoms with Crippen LogP contribution in [0.3, 0.4) is 0 Å². The van der Waals surface area contributed by atoms with Gasteiger partial charge < -0.3 is 15.0 Å². The van der Waals surface area contributed by atoms with Crippen LogP contribution in [0.2, 0.25) is 0 Å². The van der Waals surface area contributed by atoms with Crippen molar-refractivity contribution in [2.75, 3.05) is 6.61 Å². The number of hydrogen-bond acceptors (Lipinski definition) is 5. The number of rotatable bonds is 5. The van der Waals surface area contributed by atoms with Crippen molar-refractivity contribution >= 4 is 5.91 Å². The molecule has 3 fully saturated rings. The zero-order chi connectivity index (χ0) is 21.4. The minimum Gasteiger partial charge on any atom is -0.467 e. The standard InChI is InChI=1S/C24H26N4O3/c25-13-15-1-5-18(6-2-15)20-10-22(27-23(30)26-20)31-14-21(29)28-24-11-16-3-7-19(24)8-4-17(9-16)12-24/h1-2,5-6,10,16-17,19H,3-4,7-9,11-12,14H2,(H,28,29)(H,26,27,30). The zero-order valence-corrected chi connectivity index (χ0v) is 17.4. The lowest BCUT2D eigenvalue weighted by Crippen LogP contribution is -2.62. The van der Waals surface area contributed by atoms with Crippen molar-refractivity contribution in [1.29, 1.82) is 5.26 Å². The molecule has 160 valence electrons. The number of nitrogens with one attached hydrogen (secondary N) is 2. The molecule has 1 aromatic heterocycles. The second kappa shape index (κ2) is 7.84. The molecule has 0 radical (unpaired) electrons. The molecule has 1 aromatic carbocycles. The van der Waals surface area contributed by atoms with Crippen LogP contribution in [0.25, 0.3) is 11.3 Å². The number of H-pyrrole nitrogens is 1. The third kappa shape index (κ3) is 3.95. The van der Waals surface area contributed by atoms with Crippen LogP contribution in [-0.4, -0.2) is 28.0 Å². The minimum absolute atomic E-state index is 0.0697. The maximum atomic E-state index is 12.8. The first-order valence-corrected chi connectivity index (χ1v) is 11.1. The average Bonchev–Trinajstić information content (AvgIpc) is 2.76. The number of hydrogen-bond donors (Lipinski definition) is 2. The van der Waals surface area contributed by atoms with Crippen molar-refractivity contribution in [3.05, 3.63) is 46.4 Å². The summed E-state index contributed by atoms with van der Waals surface area (Å²) >= 11 is 0. The highest BCUT2D eigenvalue weighted by molar-refractivity contribution is 5.78. The summed E-state index contributed by atoms with van der Waals surface area (Å²) < 4.78 is 5.62. The van der Waals surface area contributed by atoms with Crippen LogP contribution in [0.15, 0.2) is 35.1 Å². The molecular weight excluding hydrogens is 392 g/mol. The van der Waals surface area contributed by atoms with Gasteiger partial charge in [-0.15, -0.1) is 0 Å². The maximum absolute atomic E-state index is 12.8. The normalized spacial score (nSPS) is 28.5. The number of nitriles is 1. The molecule has 7 heteroatoms. The highest BCUT2D eigenvalue weighted by Gasteiger charge is 2.52. The van der Waals surface area contributed by atoms with Gasteiger partial charge in [0.2, 0.25) is 5.88 Å². The number of aromatic nitrogens is 2. The van der Waals surface area contributed by atoms with Gasteiger partial charge in [0.25, 0.3) is 5.91 Å². The first-order chi connectivity index (χ1) is 15.0. The lowest BCUT2D eigenvalue weighted by atomic mass is 9.53. The fraction of sp³-hybridized carbons (Fsp3) is 0.500. The van der Waals surface area contributed by atoms with E-state index in [2.05, 4.69) is 21.4 Å². The molecule has 3 aliphatic rings. The number of fused-ring (bicyclic) bond motifs is 2. The van der Waals surface area contributed by atoms with Crippen molar-refractivity contribution in [3.8, 4) is 23.2 Å². The smallest absolute Gasteiger partial charge is 0.348 e. The molecule has 0 aliphatic heterocycles. The SMILES string of the molecule is N#Cc1ccc(-c2cc(OCC(=O)NC34CC5CCC3CCC(C5)C4)nc(=O)[nH]2)cc1. The first-order valence-electron chi connectivity index (χ1n) is 11.1. The van der Waals surface area contributed by atoms with Gasteiger partial charge in [-0.05, 0) is 80.4 Å². The number of carbonyl (C=O) groups excluding carboxylic acids is 1. The van der Waals surface area contributed by atoms with Crippen LogP contribution in [0.4, 0.5) is 0 Å². The summed E-state index contributed by atoms with van der Waals surface area (Å²) in [6.45, 7) is -0.160. The van der Waals surface area contributed by atoms with Crippen LogP contribution < -0.4 is 15.7 Å². The maximum Gasteiger partial charge on any atom is 0.348 e. The Morgan fingerprint density at radius 3 is 2.58 bits per heavy atom. The molecule has 3 saturated carbocycles. The monoisotopic (exact) mass is 418 g/mol. The highest BCUT2D eigenvalue weighted by Crippen LogP contribution is 2.54. The quantitative estimate of drug-likeness (QED) is 0.775. The number of ether oxygens (including phenoxy) is 1. The molecule has 31 heavy (non-hydrogen) atoms. The van der Waals surface area contributed by atoms with E-state index in [1.165, 1.54) is 32.1 Å². The third-order valence-electron chi connectivity index (χ3n) is 7.39. The molecule has 2 aromatic rings. The zero-order valence-electron chi connectivity index (χ0n) is 17.4. The predicted octanol–water partition coefficient (Wildman–Crippen LogP) is 3.16. The number of aromatic amines is 1. The van der Waals surface area contributed by atoms with Gasteiger partial charge in [0.1, 0.15) is 0 Å². The van der Waals surface area contributed by atoms with E-state index in [1.54, 1.807) is 30.3 Å². The van der Waals surface area contributed by atoms with E-state index in [-0.39, 0.29) is 23.9 Å². The van der Waals surface area contributed by atoms with Crippen molar-refractivity contribution in [3.63, 3.8) is 0 Å². The Balaban J connectivity index is 1.27. The van der Waals surface area contributed by atoms with E-state index < -0.39 is 5.69 Å². The molecule has 1 amide bonds. The van der Waals surface area contributed by atoms with Gasteiger partial charge in [-0.2, -0.15) is 10.2 Å². The predicted molar refractivity (Wildman–Crippen MR) is 114 cm³/mol. The fourth-order valence-corrected chi connectivity index (χ4v) is 6.14. The van der Waals surface area contributed by atoms with Gasteiger partial charge in [-0.3, -0.25) is 4.79 Å². The van der Waals surface area contributed by atoms with Gasteiger partial charge in [-0.25, -0.2) is 4.79 Å². The van der Waals surface area contributed by atoms with E-state index in [4.69, 9.17) is 10.00 Å². The number of amides is 1. The summed E-state index contributed by atoms with van der Waals surface area (Å²) in [6, 6.07) is 10.5. The second-order valence-corrected chi connectivity index (χ2v) is 9.35.